The van der Waals surface area contributed by atoms with E-state index in [-0.39, 0.29) is 18.4 Å². The second-order valence-corrected chi connectivity index (χ2v) is 7.34. The minimum Gasteiger partial charge on any atom is -0.497 e. The summed E-state index contributed by atoms with van der Waals surface area (Å²) in [5, 5.41) is 5.65. The van der Waals surface area contributed by atoms with Gasteiger partial charge in [-0.25, -0.2) is 0 Å². The van der Waals surface area contributed by atoms with Gasteiger partial charge in [0.1, 0.15) is 11.5 Å². The van der Waals surface area contributed by atoms with Crippen LogP contribution in [0.2, 0.25) is 0 Å². The molecule has 0 saturated carbocycles. The third-order valence-corrected chi connectivity index (χ3v) is 4.89. The van der Waals surface area contributed by atoms with Gasteiger partial charge in [-0.3, -0.25) is 9.59 Å². The first-order chi connectivity index (χ1) is 15.6. The Hall–Kier alpha value is -3.80. The Kier molecular flexibility index (Phi) is 8.26. The molecule has 3 rings (SSSR count). The Bertz CT molecular complexity index is 1010. The number of nitrogens with one attached hydrogen (secondary N) is 2. The predicted octanol–water partition coefficient (Wildman–Crippen LogP) is 5.31. The van der Waals surface area contributed by atoms with Crippen molar-refractivity contribution in [2.45, 2.75) is 26.2 Å². The second-order valence-electron chi connectivity index (χ2n) is 7.34. The average molecular weight is 433 g/mol. The van der Waals surface area contributed by atoms with Crippen molar-refractivity contribution in [3.8, 4) is 11.5 Å². The number of unbranched alkanes of at least 4 members (excludes halogenated alkanes) is 1. The minimum atomic E-state index is -0.243. The molecule has 0 atom stereocenters. The first-order valence-corrected chi connectivity index (χ1v) is 10.6. The molecule has 32 heavy (non-hydrogen) atoms. The van der Waals surface area contributed by atoms with Crippen molar-refractivity contribution < 1.29 is 19.1 Å². The molecule has 0 heterocycles. The van der Waals surface area contributed by atoms with Gasteiger partial charge in [0.2, 0.25) is 0 Å². The fourth-order valence-corrected chi connectivity index (χ4v) is 3.06. The lowest BCUT2D eigenvalue weighted by Gasteiger charge is -2.09. The summed E-state index contributed by atoms with van der Waals surface area (Å²) in [6.07, 6.45) is 3.35. The highest BCUT2D eigenvalue weighted by Crippen LogP contribution is 2.18. The molecule has 3 aromatic rings. The molecule has 2 N–H and O–H groups in total. The summed E-state index contributed by atoms with van der Waals surface area (Å²) >= 11 is 0. The third kappa shape index (κ3) is 6.87. The van der Waals surface area contributed by atoms with E-state index in [0.29, 0.717) is 17.0 Å². The van der Waals surface area contributed by atoms with Crippen LogP contribution in [0.3, 0.4) is 0 Å². The number of anilines is 2. The SMILES string of the molecule is CCCCc1ccc(NC(=O)COc2ccc(C(=O)Nc3ccc(OC)cc3)cc2)cc1. The lowest BCUT2D eigenvalue weighted by atomic mass is 10.1. The molecule has 6 nitrogen and oxygen atoms in total. The van der Waals surface area contributed by atoms with E-state index in [2.05, 4.69) is 17.6 Å². The highest BCUT2D eigenvalue weighted by molar-refractivity contribution is 6.04. The van der Waals surface area contributed by atoms with Crippen molar-refractivity contribution in [2.24, 2.45) is 0 Å². The lowest BCUT2D eigenvalue weighted by molar-refractivity contribution is -0.118. The minimum absolute atomic E-state index is 0.116. The zero-order valence-corrected chi connectivity index (χ0v) is 18.4. The maximum atomic E-state index is 12.4. The molecule has 0 aliphatic rings. The maximum absolute atomic E-state index is 12.4. The van der Waals surface area contributed by atoms with Gasteiger partial charge in [0.05, 0.1) is 7.11 Å². The van der Waals surface area contributed by atoms with E-state index in [9.17, 15) is 9.59 Å². The molecule has 0 aromatic heterocycles. The van der Waals surface area contributed by atoms with Gasteiger partial charge < -0.3 is 20.1 Å². The molecule has 0 spiro atoms. The second kappa shape index (κ2) is 11.6. The van der Waals surface area contributed by atoms with E-state index in [4.69, 9.17) is 9.47 Å². The van der Waals surface area contributed by atoms with Gasteiger partial charge >= 0.3 is 0 Å². The summed E-state index contributed by atoms with van der Waals surface area (Å²) in [5.74, 6) is 0.753. The number of amides is 2. The number of hydrogen-bond donors (Lipinski definition) is 2. The van der Waals surface area contributed by atoms with Crippen molar-refractivity contribution in [1.82, 2.24) is 0 Å². The summed E-state index contributed by atoms with van der Waals surface area (Å²) in [6.45, 7) is 2.05. The molecule has 166 valence electrons. The van der Waals surface area contributed by atoms with Crippen LogP contribution >= 0.6 is 0 Å². The number of ether oxygens (including phenoxy) is 2. The molecule has 0 aliphatic carbocycles. The van der Waals surface area contributed by atoms with Gasteiger partial charge in [-0.2, -0.15) is 0 Å². The average Bonchev–Trinajstić information content (AvgIpc) is 2.83. The summed E-state index contributed by atoms with van der Waals surface area (Å²) in [7, 11) is 1.59. The van der Waals surface area contributed by atoms with Crippen LogP contribution in [0.25, 0.3) is 0 Å². The Labute approximate surface area is 188 Å². The van der Waals surface area contributed by atoms with E-state index >= 15 is 0 Å². The molecule has 6 heteroatoms. The van der Waals surface area contributed by atoms with Crippen LogP contribution in [-0.2, 0) is 11.2 Å². The zero-order valence-electron chi connectivity index (χ0n) is 18.4. The molecule has 0 saturated heterocycles. The number of carbonyl (C=O) groups excluding carboxylic acids is 2. The Morgan fingerprint density at radius 3 is 2.00 bits per heavy atom. The molecule has 0 aliphatic heterocycles. The topological polar surface area (TPSA) is 76.7 Å². The Balaban J connectivity index is 1.46. The van der Waals surface area contributed by atoms with Crippen LogP contribution in [0.1, 0.15) is 35.7 Å². The summed E-state index contributed by atoms with van der Waals surface area (Å²) in [4.78, 5) is 24.5. The van der Waals surface area contributed by atoms with Crippen LogP contribution in [0.15, 0.2) is 72.8 Å². The zero-order chi connectivity index (χ0) is 22.8. The first kappa shape index (κ1) is 22.9. The highest BCUT2D eigenvalue weighted by atomic mass is 16.5. The molecule has 2 amide bonds. The van der Waals surface area contributed by atoms with Crippen LogP contribution in [0.4, 0.5) is 11.4 Å². The van der Waals surface area contributed by atoms with Crippen LogP contribution < -0.4 is 20.1 Å². The molecule has 0 fully saturated rings. The van der Waals surface area contributed by atoms with Crippen LogP contribution in [0, 0.1) is 0 Å². The standard InChI is InChI=1S/C26H28N2O4/c1-3-4-5-19-6-10-21(11-7-19)27-25(29)18-32-24-14-8-20(9-15-24)26(30)28-22-12-16-23(31-2)17-13-22/h6-17H,3-5,18H2,1-2H3,(H,27,29)(H,28,30). The quantitative estimate of drug-likeness (QED) is 0.455. The first-order valence-electron chi connectivity index (χ1n) is 10.6. The monoisotopic (exact) mass is 432 g/mol. The Morgan fingerprint density at radius 2 is 1.38 bits per heavy atom. The Morgan fingerprint density at radius 1 is 0.781 bits per heavy atom. The van der Waals surface area contributed by atoms with E-state index in [1.165, 1.54) is 5.56 Å². The predicted molar refractivity (Wildman–Crippen MR) is 127 cm³/mol. The van der Waals surface area contributed by atoms with E-state index < -0.39 is 0 Å². The van der Waals surface area contributed by atoms with Crippen molar-refractivity contribution in [3.63, 3.8) is 0 Å². The normalized spacial score (nSPS) is 10.3. The summed E-state index contributed by atoms with van der Waals surface area (Å²) < 4.78 is 10.6. The van der Waals surface area contributed by atoms with Crippen molar-refractivity contribution in [3.05, 3.63) is 83.9 Å². The fourth-order valence-electron chi connectivity index (χ4n) is 3.06. The fraction of sp³-hybridized carbons (Fsp3) is 0.231. The number of carbonyl (C=O) groups is 2. The third-order valence-electron chi connectivity index (χ3n) is 4.89. The highest BCUT2D eigenvalue weighted by Gasteiger charge is 2.08. The number of methoxy groups -OCH3 is 1. The van der Waals surface area contributed by atoms with Gasteiger partial charge in [-0.15, -0.1) is 0 Å². The van der Waals surface area contributed by atoms with E-state index in [1.54, 1.807) is 55.6 Å². The van der Waals surface area contributed by atoms with Gasteiger partial charge in [0.15, 0.2) is 6.61 Å². The summed E-state index contributed by atoms with van der Waals surface area (Å²) in [6, 6.07) is 21.6. The number of hydrogen-bond acceptors (Lipinski definition) is 4. The molecule has 0 unspecified atom stereocenters. The number of aryl methyl sites for hydroxylation is 1. The molecule has 0 radical (unpaired) electrons. The van der Waals surface area contributed by atoms with Gasteiger partial charge in [0.25, 0.3) is 11.8 Å². The van der Waals surface area contributed by atoms with Crippen molar-refractivity contribution in [1.29, 1.82) is 0 Å². The molecular weight excluding hydrogens is 404 g/mol. The van der Waals surface area contributed by atoms with Crippen molar-refractivity contribution >= 4 is 23.2 Å². The number of rotatable bonds is 10. The lowest BCUT2D eigenvalue weighted by Crippen LogP contribution is -2.20. The largest absolute Gasteiger partial charge is 0.497 e. The van der Waals surface area contributed by atoms with Crippen LogP contribution in [-0.4, -0.2) is 25.5 Å². The van der Waals surface area contributed by atoms with Crippen molar-refractivity contribution in [2.75, 3.05) is 24.4 Å². The smallest absolute Gasteiger partial charge is 0.262 e. The van der Waals surface area contributed by atoms with Crippen LogP contribution in [0.5, 0.6) is 11.5 Å². The van der Waals surface area contributed by atoms with E-state index in [1.807, 2.05) is 24.3 Å². The maximum Gasteiger partial charge on any atom is 0.262 e. The molecule has 0 bridgehead atoms. The molecule has 3 aromatic carbocycles. The number of benzene rings is 3. The molecular formula is C26H28N2O4. The summed E-state index contributed by atoms with van der Waals surface area (Å²) in [5.41, 5.74) is 3.16. The van der Waals surface area contributed by atoms with Gasteiger partial charge in [0, 0.05) is 16.9 Å². The van der Waals surface area contributed by atoms with Gasteiger partial charge in [-0.05, 0) is 79.1 Å². The van der Waals surface area contributed by atoms with E-state index in [0.717, 1.165) is 30.7 Å². The van der Waals surface area contributed by atoms with Gasteiger partial charge in [-0.1, -0.05) is 25.5 Å².